The fourth-order valence-corrected chi connectivity index (χ4v) is 2.95. The second kappa shape index (κ2) is 6.93. The molecule has 0 aromatic heterocycles. The lowest BCUT2D eigenvalue weighted by Crippen LogP contribution is -2.32. The molecule has 2 amide bonds. The molecule has 24 heavy (non-hydrogen) atoms. The summed E-state index contributed by atoms with van der Waals surface area (Å²) >= 11 is 5.78. The molecule has 0 fully saturated rings. The topological polar surface area (TPSA) is 78.4 Å². The molecule has 3 rings (SSSR count). The molecule has 0 unspecified atom stereocenters. The molecule has 0 saturated carbocycles. The van der Waals surface area contributed by atoms with Crippen LogP contribution >= 0.6 is 11.6 Å². The molecule has 0 radical (unpaired) electrons. The van der Waals surface area contributed by atoms with Gasteiger partial charge >= 0.3 is 0 Å². The van der Waals surface area contributed by atoms with E-state index in [1.165, 1.54) is 29.3 Å². The van der Waals surface area contributed by atoms with Crippen molar-refractivity contribution >= 4 is 29.1 Å². The third-order valence-corrected chi connectivity index (χ3v) is 4.30. The molecule has 124 valence electrons. The van der Waals surface area contributed by atoms with Crippen LogP contribution in [0.25, 0.3) is 0 Å². The normalized spacial score (nSPS) is 12.5. The van der Waals surface area contributed by atoms with Crippen molar-refractivity contribution in [3.8, 4) is 5.75 Å². The average Bonchev–Trinajstić information content (AvgIpc) is 3.03. The first-order chi connectivity index (χ1) is 11.5. The number of nitrogens with one attached hydrogen (secondary N) is 2. The van der Waals surface area contributed by atoms with Crippen LogP contribution < -0.4 is 10.6 Å². The van der Waals surface area contributed by atoms with Crippen molar-refractivity contribution < 1.29 is 14.7 Å². The van der Waals surface area contributed by atoms with Crippen molar-refractivity contribution in [1.82, 2.24) is 5.32 Å². The van der Waals surface area contributed by atoms with E-state index in [2.05, 4.69) is 10.6 Å². The molecule has 2 aromatic rings. The summed E-state index contributed by atoms with van der Waals surface area (Å²) in [5.41, 5.74) is 3.53. The number of phenols is 1. The number of benzene rings is 2. The van der Waals surface area contributed by atoms with Crippen molar-refractivity contribution in [2.75, 3.05) is 11.9 Å². The molecule has 2 aromatic carbocycles. The van der Waals surface area contributed by atoms with Crippen LogP contribution in [0.1, 0.15) is 27.9 Å². The Labute approximate surface area is 144 Å². The van der Waals surface area contributed by atoms with Crippen molar-refractivity contribution in [3.63, 3.8) is 0 Å². The molecule has 1 aliphatic rings. The number of hydrogen-bond donors (Lipinski definition) is 3. The van der Waals surface area contributed by atoms with E-state index >= 15 is 0 Å². The monoisotopic (exact) mass is 344 g/mol. The highest BCUT2D eigenvalue weighted by Gasteiger charge is 2.14. The third kappa shape index (κ3) is 3.68. The van der Waals surface area contributed by atoms with E-state index in [1.54, 1.807) is 6.07 Å². The van der Waals surface area contributed by atoms with Gasteiger partial charge in [-0.3, -0.25) is 9.59 Å². The van der Waals surface area contributed by atoms with Crippen LogP contribution in [0.2, 0.25) is 5.02 Å². The van der Waals surface area contributed by atoms with Gasteiger partial charge in [0.25, 0.3) is 5.91 Å². The lowest BCUT2D eigenvalue weighted by atomic mass is 10.1. The van der Waals surface area contributed by atoms with E-state index in [9.17, 15) is 14.7 Å². The number of fused-ring (bicyclic) bond motifs is 1. The maximum atomic E-state index is 12.2. The highest BCUT2D eigenvalue weighted by Crippen LogP contribution is 2.26. The van der Waals surface area contributed by atoms with Gasteiger partial charge in [0, 0.05) is 11.3 Å². The number of amides is 2. The largest absolute Gasteiger partial charge is 0.506 e. The van der Waals surface area contributed by atoms with Crippen LogP contribution in [0.15, 0.2) is 36.4 Å². The van der Waals surface area contributed by atoms with Gasteiger partial charge in [-0.1, -0.05) is 17.7 Å². The summed E-state index contributed by atoms with van der Waals surface area (Å²) in [6.45, 7) is -0.144. The zero-order valence-corrected chi connectivity index (χ0v) is 13.7. The van der Waals surface area contributed by atoms with Gasteiger partial charge in [0.15, 0.2) is 0 Å². The minimum atomic E-state index is -0.369. The Morgan fingerprint density at radius 2 is 1.88 bits per heavy atom. The van der Waals surface area contributed by atoms with Gasteiger partial charge in [-0.15, -0.1) is 0 Å². The van der Waals surface area contributed by atoms with Crippen molar-refractivity contribution in [2.45, 2.75) is 19.3 Å². The molecular weight excluding hydrogens is 328 g/mol. The number of phenolic OH excluding ortho intramolecular Hbond substituents is 1. The van der Waals surface area contributed by atoms with Crippen molar-refractivity contribution in [2.24, 2.45) is 0 Å². The van der Waals surface area contributed by atoms with Crippen molar-refractivity contribution in [3.05, 3.63) is 58.1 Å². The predicted octanol–water partition coefficient (Wildman–Crippen LogP) is 2.90. The molecule has 0 heterocycles. The van der Waals surface area contributed by atoms with E-state index in [0.717, 1.165) is 19.3 Å². The minimum Gasteiger partial charge on any atom is -0.506 e. The zero-order valence-electron chi connectivity index (χ0n) is 12.9. The first-order valence-electron chi connectivity index (χ1n) is 7.71. The van der Waals surface area contributed by atoms with Gasteiger partial charge in [0.05, 0.1) is 11.6 Å². The number of carbonyl (C=O) groups excluding carboxylic acids is 2. The third-order valence-electron chi connectivity index (χ3n) is 4.00. The quantitative estimate of drug-likeness (QED) is 0.746. The second-order valence-electron chi connectivity index (χ2n) is 5.73. The number of aromatic hydroxyl groups is 1. The van der Waals surface area contributed by atoms with Gasteiger partial charge in [0.1, 0.15) is 5.75 Å². The molecule has 3 N–H and O–H groups in total. The lowest BCUT2D eigenvalue weighted by Gasteiger charge is -2.09. The van der Waals surface area contributed by atoms with Crippen LogP contribution in [0, 0.1) is 0 Å². The summed E-state index contributed by atoms with van der Waals surface area (Å²) in [4.78, 5) is 24.1. The summed E-state index contributed by atoms with van der Waals surface area (Å²) in [6, 6.07) is 10.0. The summed E-state index contributed by atoms with van der Waals surface area (Å²) in [6.07, 6.45) is 3.19. The zero-order chi connectivity index (χ0) is 17.1. The van der Waals surface area contributed by atoms with E-state index < -0.39 is 0 Å². The lowest BCUT2D eigenvalue weighted by molar-refractivity contribution is -0.115. The standard InChI is InChI=1S/C18H17ClN2O3/c19-15-9-14(6-7-16(15)22)21-17(23)10-20-18(24)13-5-4-11-2-1-3-12(11)8-13/h4-9,22H,1-3,10H2,(H,20,24)(H,21,23). The van der Waals surface area contributed by atoms with Crippen molar-refractivity contribution in [1.29, 1.82) is 0 Å². The summed E-state index contributed by atoms with van der Waals surface area (Å²) in [5, 5.41) is 14.7. The van der Waals surface area contributed by atoms with Gasteiger partial charge in [-0.2, -0.15) is 0 Å². The summed E-state index contributed by atoms with van der Waals surface area (Å²) in [5.74, 6) is -0.700. The molecule has 0 bridgehead atoms. The van der Waals surface area contributed by atoms with Crippen LogP contribution in [0.3, 0.4) is 0 Å². The highest BCUT2D eigenvalue weighted by atomic mass is 35.5. The molecule has 0 aliphatic heterocycles. The second-order valence-corrected chi connectivity index (χ2v) is 6.14. The highest BCUT2D eigenvalue weighted by molar-refractivity contribution is 6.32. The Balaban J connectivity index is 1.55. The molecule has 1 aliphatic carbocycles. The number of aryl methyl sites for hydroxylation is 2. The Bertz CT molecular complexity index is 805. The smallest absolute Gasteiger partial charge is 0.251 e. The van der Waals surface area contributed by atoms with Gasteiger partial charge < -0.3 is 15.7 Å². The first-order valence-corrected chi connectivity index (χ1v) is 8.09. The molecule has 0 atom stereocenters. The van der Waals surface area contributed by atoms with Crippen LogP contribution in [-0.4, -0.2) is 23.5 Å². The Morgan fingerprint density at radius 1 is 1.08 bits per heavy atom. The van der Waals surface area contributed by atoms with Gasteiger partial charge in [-0.25, -0.2) is 0 Å². The fourth-order valence-electron chi connectivity index (χ4n) is 2.77. The number of anilines is 1. The number of rotatable bonds is 4. The van der Waals surface area contributed by atoms with E-state index in [0.29, 0.717) is 11.3 Å². The summed E-state index contributed by atoms with van der Waals surface area (Å²) < 4.78 is 0. The van der Waals surface area contributed by atoms with Gasteiger partial charge in [-0.05, 0) is 60.7 Å². The Kier molecular flexibility index (Phi) is 4.71. The predicted molar refractivity (Wildman–Crippen MR) is 92.5 cm³/mol. The number of carbonyl (C=O) groups is 2. The number of halogens is 1. The van der Waals surface area contributed by atoms with Crippen LogP contribution in [-0.2, 0) is 17.6 Å². The fraction of sp³-hybridized carbons (Fsp3) is 0.222. The van der Waals surface area contributed by atoms with E-state index in [-0.39, 0.29) is 29.1 Å². The molecule has 6 heteroatoms. The maximum Gasteiger partial charge on any atom is 0.251 e. The van der Waals surface area contributed by atoms with Gasteiger partial charge in [0.2, 0.25) is 5.91 Å². The molecule has 0 saturated heterocycles. The molecule has 5 nitrogen and oxygen atoms in total. The Morgan fingerprint density at radius 3 is 2.67 bits per heavy atom. The first kappa shape index (κ1) is 16.3. The van der Waals surface area contributed by atoms with Crippen LogP contribution in [0.5, 0.6) is 5.75 Å². The molecular formula is C18H17ClN2O3. The van der Waals surface area contributed by atoms with E-state index in [4.69, 9.17) is 11.6 Å². The average molecular weight is 345 g/mol. The summed E-state index contributed by atoms with van der Waals surface area (Å²) in [7, 11) is 0. The SMILES string of the molecule is O=C(CNC(=O)c1ccc2c(c1)CCC2)Nc1ccc(O)c(Cl)c1. The van der Waals surface area contributed by atoms with E-state index in [1.807, 2.05) is 12.1 Å². The Hall–Kier alpha value is -2.53. The molecule has 0 spiro atoms. The maximum absolute atomic E-state index is 12.2. The minimum absolute atomic E-state index is 0.0559. The number of hydrogen-bond acceptors (Lipinski definition) is 3. The van der Waals surface area contributed by atoms with Crippen LogP contribution in [0.4, 0.5) is 5.69 Å².